The third-order valence-corrected chi connectivity index (χ3v) is 2.50. The van der Waals surface area contributed by atoms with Gasteiger partial charge < -0.3 is 15.2 Å². The van der Waals surface area contributed by atoms with E-state index in [9.17, 15) is 13.2 Å². The number of nitrogens with two attached hydrogens (primary N) is 1. The molecule has 2 N–H and O–H groups in total. The van der Waals surface area contributed by atoms with Gasteiger partial charge in [-0.05, 0) is 13.8 Å². The number of halogens is 3. The van der Waals surface area contributed by atoms with Crippen molar-refractivity contribution in [3.63, 3.8) is 0 Å². The third-order valence-electron chi connectivity index (χ3n) is 2.50. The van der Waals surface area contributed by atoms with E-state index >= 15 is 0 Å². The molecule has 0 radical (unpaired) electrons. The van der Waals surface area contributed by atoms with Crippen molar-refractivity contribution in [1.29, 1.82) is 0 Å². The number of hydrogen-bond acceptors (Lipinski definition) is 4. The maximum atomic E-state index is 12.8. The van der Waals surface area contributed by atoms with Crippen LogP contribution in [0.25, 0.3) is 0 Å². The molecule has 0 heterocycles. The fourth-order valence-electron chi connectivity index (χ4n) is 1.57. The summed E-state index contributed by atoms with van der Waals surface area (Å²) in [6.07, 6.45) is -4.33. The first kappa shape index (κ1) is 17.6. The Morgan fingerprint density at radius 1 is 1.06 bits per heavy atom. The molecule has 0 aliphatic heterocycles. The molecule has 0 bridgehead atoms. The summed E-state index contributed by atoms with van der Waals surface area (Å²) in [6, 6.07) is -1.64. The van der Waals surface area contributed by atoms with Gasteiger partial charge in [-0.3, -0.25) is 4.90 Å². The average Bonchev–Trinajstić information content (AvgIpc) is 2.28. The quantitative estimate of drug-likeness (QED) is 0.608. The lowest BCUT2D eigenvalue weighted by atomic mass is 10.2. The first-order valence-electron chi connectivity index (χ1n) is 6.13. The lowest BCUT2D eigenvalue weighted by Gasteiger charge is -2.32. The van der Waals surface area contributed by atoms with E-state index in [0.717, 1.165) is 0 Å². The van der Waals surface area contributed by atoms with Crippen molar-refractivity contribution in [1.82, 2.24) is 4.90 Å². The predicted molar refractivity (Wildman–Crippen MR) is 63.5 cm³/mol. The molecule has 1 unspecified atom stereocenters. The lowest BCUT2D eigenvalue weighted by molar-refractivity contribution is -0.183. The summed E-state index contributed by atoms with van der Waals surface area (Å²) in [5.41, 5.74) is 5.22. The van der Waals surface area contributed by atoms with Gasteiger partial charge in [0.1, 0.15) is 6.04 Å². The maximum absolute atomic E-state index is 12.8. The zero-order valence-corrected chi connectivity index (χ0v) is 11.0. The second-order valence-corrected chi connectivity index (χ2v) is 3.72. The van der Waals surface area contributed by atoms with Crippen LogP contribution in [-0.2, 0) is 9.47 Å². The Morgan fingerprint density at radius 3 is 1.78 bits per heavy atom. The molecule has 110 valence electrons. The molecule has 0 fully saturated rings. The highest BCUT2D eigenvalue weighted by Crippen LogP contribution is 2.23. The van der Waals surface area contributed by atoms with Crippen LogP contribution in [0.15, 0.2) is 0 Å². The summed E-state index contributed by atoms with van der Waals surface area (Å²) < 4.78 is 48.5. The van der Waals surface area contributed by atoms with Crippen LogP contribution < -0.4 is 5.73 Å². The standard InChI is InChI=1S/C11H23F3N2O2/c1-3-17-7-5-16(6-8-18-4-2)10(9-15)11(12,13)14/h10H,3-9,15H2,1-2H3. The summed E-state index contributed by atoms with van der Waals surface area (Å²) in [4.78, 5) is 1.27. The molecule has 0 aliphatic rings. The van der Waals surface area contributed by atoms with Crippen molar-refractivity contribution < 1.29 is 22.6 Å². The van der Waals surface area contributed by atoms with Crippen LogP contribution in [0.2, 0.25) is 0 Å². The van der Waals surface area contributed by atoms with E-state index in [1.807, 2.05) is 0 Å². The topological polar surface area (TPSA) is 47.7 Å². The van der Waals surface area contributed by atoms with Gasteiger partial charge in [0, 0.05) is 32.8 Å². The molecule has 0 rings (SSSR count). The van der Waals surface area contributed by atoms with Crippen LogP contribution >= 0.6 is 0 Å². The smallest absolute Gasteiger partial charge is 0.380 e. The molecule has 0 saturated carbocycles. The molecule has 0 aromatic rings. The fraction of sp³-hybridized carbons (Fsp3) is 1.00. The van der Waals surface area contributed by atoms with Gasteiger partial charge in [0.05, 0.1) is 13.2 Å². The van der Waals surface area contributed by atoms with E-state index in [4.69, 9.17) is 15.2 Å². The zero-order valence-electron chi connectivity index (χ0n) is 11.0. The highest BCUT2D eigenvalue weighted by Gasteiger charge is 2.42. The molecule has 0 aliphatic carbocycles. The second kappa shape index (κ2) is 9.55. The van der Waals surface area contributed by atoms with E-state index in [-0.39, 0.29) is 26.3 Å². The summed E-state index contributed by atoms with van der Waals surface area (Å²) in [5.74, 6) is 0. The molecule has 7 heteroatoms. The van der Waals surface area contributed by atoms with Gasteiger partial charge in [-0.2, -0.15) is 13.2 Å². The summed E-state index contributed by atoms with van der Waals surface area (Å²) in [5, 5.41) is 0. The Hall–Kier alpha value is -0.370. The normalized spacial score (nSPS) is 14.2. The van der Waals surface area contributed by atoms with Crippen LogP contribution in [0.3, 0.4) is 0 Å². The van der Waals surface area contributed by atoms with Gasteiger partial charge in [0.25, 0.3) is 0 Å². The molecule has 0 saturated heterocycles. The Kier molecular flexibility index (Phi) is 9.35. The molecule has 0 aromatic carbocycles. The number of alkyl halides is 3. The van der Waals surface area contributed by atoms with E-state index in [1.165, 1.54) is 4.90 Å². The molecular weight excluding hydrogens is 249 g/mol. The van der Waals surface area contributed by atoms with Crippen molar-refractivity contribution in [3.8, 4) is 0 Å². The Bertz CT molecular complexity index is 193. The maximum Gasteiger partial charge on any atom is 0.405 e. The third kappa shape index (κ3) is 7.15. The highest BCUT2D eigenvalue weighted by molar-refractivity contribution is 4.79. The molecule has 18 heavy (non-hydrogen) atoms. The minimum Gasteiger partial charge on any atom is -0.380 e. The number of hydrogen-bond donors (Lipinski definition) is 1. The monoisotopic (exact) mass is 272 g/mol. The minimum atomic E-state index is -4.33. The average molecular weight is 272 g/mol. The Morgan fingerprint density at radius 2 is 1.50 bits per heavy atom. The van der Waals surface area contributed by atoms with Crippen LogP contribution in [0.4, 0.5) is 13.2 Å². The van der Waals surface area contributed by atoms with Gasteiger partial charge in [-0.25, -0.2) is 0 Å². The number of rotatable bonds is 10. The van der Waals surface area contributed by atoms with E-state index in [2.05, 4.69) is 0 Å². The summed E-state index contributed by atoms with van der Waals surface area (Å²) in [7, 11) is 0. The molecule has 0 spiro atoms. The van der Waals surface area contributed by atoms with Crippen LogP contribution in [0.5, 0.6) is 0 Å². The molecule has 0 amide bonds. The zero-order chi connectivity index (χ0) is 14.0. The van der Waals surface area contributed by atoms with Crippen molar-refractivity contribution in [2.45, 2.75) is 26.1 Å². The minimum absolute atomic E-state index is 0.197. The molecular formula is C11H23F3N2O2. The molecule has 0 aromatic heterocycles. The highest BCUT2D eigenvalue weighted by atomic mass is 19.4. The number of nitrogens with zero attached hydrogens (tertiary/aromatic N) is 1. The van der Waals surface area contributed by atoms with Crippen LogP contribution in [0, 0.1) is 0 Å². The lowest BCUT2D eigenvalue weighted by Crippen LogP contribution is -2.52. The van der Waals surface area contributed by atoms with Crippen molar-refractivity contribution in [2.24, 2.45) is 5.73 Å². The first-order valence-corrected chi connectivity index (χ1v) is 6.13. The summed E-state index contributed by atoms with van der Waals surface area (Å²) >= 11 is 0. The van der Waals surface area contributed by atoms with Gasteiger partial charge in [-0.1, -0.05) is 0 Å². The van der Waals surface area contributed by atoms with Gasteiger partial charge >= 0.3 is 6.18 Å². The fourth-order valence-corrected chi connectivity index (χ4v) is 1.57. The second-order valence-electron chi connectivity index (χ2n) is 3.72. The Labute approximate surface area is 106 Å². The Balaban J connectivity index is 4.39. The van der Waals surface area contributed by atoms with Crippen molar-refractivity contribution in [3.05, 3.63) is 0 Å². The van der Waals surface area contributed by atoms with Gasteiger partial charge in [-0.15, -0.1) is 0 Å². The van der Waals surface area contributed by atoms with Gasteiger partial charge in [0.2, 0.25) is 0 Å². The van der Waals surface area contributed by atoms with Crippen molar-refractivity contribution in [2.75, 3.05) is 46.1 Å². The number of ether oxygens (including phenoxy) is 2. The molecule has 4 nitrogen and oxygen atoms in total. The van der Waals surface area contributed by atoms with Crippen LogP contribution in [-0.4, -0.2) is 63.2 Å². The van der Waals surface area contributed by atoms with Crippen molar-refractivity contribution >= 4 is 0 Å². The summed E-state index contributed by atoms with van der Waals surface area (Å²) in [6.45, 7) is 5.03. The van der Waals surface area contributed by atoms with E-state index in [1.54, 1.807) is 13.8 Å². The molecule has 1 atom stereocenters. The predicted octanol–water partition coefficient (Wildman–Crippen LogP) is 1.25. The van der Waals surface area contributed by atoms with E-state index < -0.39 is 18.8 Å². The first-order chi connectivity index (χ1) is 8.47. The SMILES string of the molecule is CCOCCN(CCOCC)C(CN)C(F)(F)F. The van der Waals surface area contributed by atoms with Gasteiger partial charge in [0.15, 0.2) is 0 Å². The largest absolute Gasteiger partial charge is 0.405 e. The van der Waals surface area contributed by atoms with Crippen LogP contribution in [0.1, 0.15) is 13.8 Å². The van der Waals surface area contributed by atoms with E-state index in [0.29, 0.717) is 13.2 Å².